The fraction of sp³-hybridized carbons (Fsp3) is 0.692. The van der Waals surface area contributed by atoms with Gasteiger partial charge in [0, 0.05) is 18.9 Å². The van der Waals surface area contributed by atoms with Gasteiger partial charge >= 0.3 is 0 Å². The van der Waals surface area contributed by atoms with Gasteiger partial charge in [-0.15, -0.1) is 0 Å². The molecular weight excluding hydrogens is 198 g/mol. The van der Waals surface area contributed by atoms with E-state index in [1.165, 1.54) is 25.7 Å². The molecule has 0 saturated carbocycles. The Hall–Kier alpha value is -1.12. The van der Waals surface area contributed by atoms with Crippen LogP contribution in [0.5, 0.6) is 0 Å². The molecule has 1 aromatic heterocycles. The van der Waals surface area contributed by atoms with Crippen LogP contribution in [0.1, 0.15) is 45.1 Å². The second-order valence-corrected chi connectivity index (χ2v) is 4.38. The van der Waals surface area contributed by atoms with Crippen molar-refractivity contribution in [3.05, 3.63) is 18.0 Å². The molecule has 16 heavy (non-hydrogen) atoms. The lowest BCUT2D eigenvalue weighted by Gasteiger charge is -2.14. The summed E-state index contributed by atoms with van der Waals surface area (Å²) in [6.45, 7) is 7.47. The summed E-state index contributed by atoms with van der Waals surface area (Å²) in [5.74, 6) is 1.49. The molecule has 90 valence electrons. The summed E-state index contributed by atoms with van der Waals surface area (Å²) in [4.78, 5) is 8.49. The average molecular weight is 221 g/mol. The van der Waals surface area contributed by atoms with Crippen molar-refractivity contribution < 1.29 is 0 Å². The van der Waals surface area contributed by atoms with E-state index in [9.17, 15) is 0 Å². The molecule has 0 aliphatic rings. The van der Waals surface area contributed by atoms with Crippen LogP contribution in [0.4, 0.5) is 5.95 Å². The molecule has 3 nitrogen and oxygen atoms in total. The van der Waals surface area contributed by atoms with E-state index < -0.39 is 0 Å². The highest BCUT2D eigenvalue weighted by Crippen LogP contribution is 2.12. The van der Waals surface area contributed by atoms with Crippen molar-refractivity contribution in [1.29, 1.82) is 0 Å². The molecule has 0 saturated heterocycles. The Morgan fingerprint density at radius 2 is 1.94 bits per heavy atom. The molecule has 1 N–H and O–H groups in total. The molecule has 0 aliphatic carbocycles. The minimum Gasteiger partial charge on any atom is -0.354 e. The zero-order valence-corrected chi connectivity index (χ0v) is 10.7. The molecule has 1 atom stereocenters. The number of aryl methyl sites for hydroxylation is 1. The minimum absolute atomic E-state index is 0.741. The fourth-order valence-electron chi connectivity index (χ4n) is 1.66. The molecule has 0 aromatic carbocycles. The van der Waals surface area contributed by atoms with Gasteiger partial charge in [-0.3, -0.25) is 0 Å². The summed E-state index contributed by atoms with van der Waals surface area (Å²) in [7, 11) is 0. The van der Waals surface area contributed by atoms with Crippen LogP contribution in [0.3, 0.4) is 0 Å². The molecule has 1 aromatic rings. The molecular formula is C13H23N3. The normalized spacial score (nSPS) is 12.4. The molecule has 0 fully saturated rings. The Kier molecular flexibility index (Phi) is 5.83. The number of nitrogens with zero attached hydrogens (tertiary/aromatic N) is 2. The summed E-state index contributed by atoms with van der Waals surface area (Å²) in [6, 6.07) is 0. The van der Waals surface area contributed by atoms with Crippen molar-refractivity contribution in [1.82, 2.24) is 9.97 Å². The lowest BCUT2D eigenvalue weighted by atomic mass is 9.99. The van der Waals surface area contributed by atoms with Gasteiger partial charge in [-0.1, -0.05) is 33.1 Å². The van der Waals surface area contributed by atoms with Crippen LogP contribution in [-0.2, 0) is 0 Å². The summed E-state index contributed by atoms with van der Waals surface area (Å²) >= 11 is 0. The van der Waals surface area contributed by atoms with Gasteiger partial charge in [0.05, 0.1) is 0 Å². The van der Waals surface area contributed by atoms with Gasteiger partial charge in [0.1, 0.15) is 0 Å². The molecule has 0 bridgehead atoms. The highest BCUT2D eigenvalue weighted by molar-refractivity contribution is 5.24. The minimum atomic E-state index is 0.741. The second-order valence-electron chi connectivity index (χ2n) is 4.38. The molecule has 0 radical (unpaired) electrons. The van der Waals surface area contributed by atoms with Crippen LogP contribution in [0, 0.1) is 12.8 Å². The highest BCUT2D eigenvalue weighted by atomic mass is 15.1. The topological polar surface area (TPSA) is 37.8 Å². The van der Waals surface area contributed by atoms with Crippen molar-refractivity contribution in [3.63, 3.8) is 0 Å². The van der Waals surface area contributed by atoms with Crippen LogP contribution in [0.25, 0.3) is 0 Å². The number of nitrogens with one attached hydrogen (secondary N) is 1. The first-order valence-corrected chi connectivity index (χ1v) is 6.28. The molecule has 1 rings (SSSR count). The van der Waals surface area contributed by atoms with E-state index in [1.807, 2.05) is 19.3 Å². The first-order chi connectivity index (χ1) is 7.76. The molecule has 0 spiro atoms. The smallest absolute Gasteiger partial charge is 0.222 e. The molecule has 3 heteroatoms. The zero-order valence-electron chi connectivity index (χ0n) is 10.7. The van der Waals surface area contributed by atoms with E-state index in [2.05, 4.69) is 29.1 Å². The third kappa shape index (κ3) is 4.60. The van der Waals surface area contributed by atoms with Gasteiger partial charge in [-0.2, -0.15) is 0 Å². The maximum absolute atomic E-state index is 4.24. The first-order valence-electron chi connectivity index (χ1n) is 6.28. The van der Waals surface area contributed by atoms with Crippen LogP contribution in [0.2, 0.25) is 0 Å². The van der Waals surface area contributed by atoms with E-state index in [0.717, 1.165) is 24.0 Å². The van der Waals surface area contributed by atoms with E-state index in [4.69, 9.17) is 0 Å². The van der Waals surface area contributed by atoms with Gasteiger partial charge < -0.3 is 5.32 Å². The number of rotatable bonds is 7. The maximum Gasteiger partial charge on any atom is 0.222 e. The monoisotopic (exact) mass is 221 g/mol. The van der Waals surface area contributed by atoms with Crippen LogP contribution < -0.4 is 5.32 Å². The summed E-state index contributed by atoms with van der Waals surface area (Å²) in [6.07, 6.45) is 8.81. The Morgan fingerprint density at radius 3 is 2.50 bits per heavy atom. The van der Waals surface area contributed by atoms with Crippen molar-refractivity contribution in [3.8, 4) is 0 Å². The lowest BCUT2D eigenvalue weighted by molar-refractivity contribution is 0.472. The first kappa shape index (κ1) is 12.9. The van der Waals surface area contributed by atoms with E-state index in [0.29, 0.717) is 0 Å². The summed E-state index contributed by atoms with van der Waals surface area (Å²) in [5.41, 5.74) is 1.10. The SMILES string of the molecule is CCCCC(CC)CNc1ncc(C)cn1. The van der Waals surface area contributed by atoms with Crippen molar-refractivity contribution in [2.24, 2.45) is 5.92 Å². The van der Waals surface area contributed by atoms with Gasteiger partial charge in [-0.25, -0.2) is 9.97 Å². The molecule has 0 amide bonds. The van der Waals surface area contributed by atoms with Gasteiger partial charge in [0.25, 0.3) is 0 Å². The van der Waals surface area contributed by atoms with Crippen LogP contribution >= 0.6 is 0 Å². The Balaban J connectivity index is 2.34. The molecule has 0 aliphatic heterocycles. The standard InChI is InChI=1S/C13H23N3/c1-4-6-7-12(5-2)10-16-13-14-8-11(3)9-15-13/h8-9,12H,4-7,10H2,1-3H3,(H,14,15,16). The van der Waals surface area contributed by atoms with Gasteiger partial charge in [0.15, 0.2) is 0 Å². The number of anilines is 1. The lowest BCUT2D eigenvalue weighted by Crippen LogP contribution is -2.15. The Labute approximate surface area is 98.7 Å². The van der Waals surface area contributed by atoms with E-state index >= 15 is 0 Å². The number of hydrogen-bond donors (Lipinski definition) is 1. The molecule has 1 unspecified atom stereocenters. The molecule has 1 heterocycles. The van der Waals surface area contributed by atoms with Gasteiger partial charge in [-0.05, 0) is 24.8 Å². The van der Waals surface area contributed by atoms with Crippen molar-refractivity contribution in [2.45, 2.75) is 46.5 Å². The van der Waals surface area contributed by atoms with Crippen molar-refractivity contribution in [2.75, 3.05) is 11.9 Å². The predicted molar refractivity (Wildman–Crippen MR) is 68.6 cm³/mol. The quantitative estimate of drug-likeness (QED) is 0.766. The summed E-state index contributed by atoms with van der Waals surface area (Å²) in [5, 5.41) is 3.31. The summed E-state index contributed by atoms with van der Waals surface area (Å²) < 4.78 is 0. The maximum atomic E-state index is 4.24. The van der Waals surface area contributed by atoms with Crippen molar-refractivity contribution >= 4 is 5.95 Å². The Morgan fingerprint density at radius 1 is 1.25 bits per heavy atom. The second kappa shape index (κ2) is 7.20. The number of unbranched alkanes of at least 4 members (excludes halogenated alkanes) is 1. The Bertz CT molecular complexity index is 282. The highest BCUT2D eigenvalue weighted by Gasteiger charge is 2.05. The van der Waals surface area contributed by atoms with Crippen LogP contribution in [0.15, 0.2) is 12.4 Å². The average Bonchev–Trinajstić information content (AvgIpc) is 2.32. The predicted octanol–water partition coefficient (Wildman–Crippen LogP) is 3.41. The third-order valence-corrected chi connectivity index (χ3v) is 2.87. The van der Waals surface area contributed by atoms with E-state index in [-0.39, 0.29) is 0 Å². The van der Waals surface area contributed by atoms with E-state index in [1.54, 1.807) is 0 Å². The third-order valence-electron chi connectivity index (χ3n) is 2.87. The number of hydrogen-bond acceptors (Lipinski definition) is 3. The van der Waals surface area contributed by atoms with Gasteiger partial charge in [0.2, 0.25) is 5.95 Å². The largest absolute Gasteiger partial charge is 0.354 e. The zero-order chi connectivity index (χ0) is 11.8. The fourth-order valence-corrected chi connectivity index (χ4v) is 1.66. The number of aromatic nitrogens is 2. The van der Waals surface area contributed by atoms with Crippen LogP contribution in [-0.4, -0.2) is 16.5 Å².